The Balaban J connectivity index is 1.52. The quantitative estimate of drug-likeness (QED) is 0.644. The van der Waals surface area contributed by atoms with Crippen molar-refractivity contribution in [1.82, 2.24) is 15.0 Å². The lowest BCUT2D eigenvalue weighted by molar-refractivity contribution is -0.0507. The van der Waals surface area contributed by atoms with Crippen LogP contribution >= 0.6 is 0 Å². The maximum absolute atomic E-state index is 12.4. The number of pyridine rings is 1. The van der Waals surface area contributed by atoms with Crippen LogP contribution in [0.3, 0.4) is 0 Å². The first-order valence-electron chi connectivity index (χ1n) is 9.70. The fraction of sp³-hybridized carbons (Fsp3) is 0.273. The molecule has 0 saturated carbocycles. The van der Waals surface area contributed by atoms with Crippen LogP contribution in [0.5, 0.6) is 0 Å². The number of hydrogen-bond donors (Lipinski definition) is 0. The molecule has 1 fully saturated rings. The van der Waals surface area contributed by atoms with Crippen LogP contribution in [0.25, 0.3) is 11.3 Å². The number of fused-ring (bicyclic) bond motifs is 2. The molecule has 1 unspecified atom stereocenters. The van der Waals surface area contributed by atoms with Crippen molar-refractivity contribution in [3.8, 4) is 17.3 Å². The summed E-state index contributed by atoms with van der Waals surface area (Å²) in [4.78, 5) is 16.4. The summed E-state index contributed by atoms with van der Waals surface area (Å²) in [6.07, 6.45) is 5.05. The Kier molecular flexibility index (Phi) is 4.57. The molecule has 4 heterocycles. The molecule has 5 rings (SSSR count). The average molecular weight is 417 g/mol. The van der Waals surface area contributed by atoms with Gasteiger partial charge in [0.15, 0.2) is 0 Å². The molecule has 0 aliphatic carbocycles. The van der Waals surface area contributed by atoms with E-state index < -0.39 is 10.8 Å². The maximum Gasteiger partial charge on any atom is 0.229 e. The first kappa shape index (κ1) is 18.9. The van der Waals surface area contributed by atoms with Crippen molar-refractivity contribution < 1.29 is 8.95 Å². The van der Waals surface area contributed by atoms with E-state index in [9.17, 15) is 4.21 Å². The van der Waals surface area contributed by atoms with Crippen LogP contribution in [0.4, 0.5) is 11.6 Å². The number of anilines is 2. The molecule has 3 aromatic rings. The Bertz CT molecular complexity index is 1180. The fourth-order valence-corrected chi connectivity index (χ4v) is 4.79. The molecule has 1 aromatic carbocycles. The molecule has 0 N–H and O–H groups in total. The third-order valence-corrected chi connectivity index (χ3v) is 6.94. The van der Waals surface area contributed by atoms with Crippen LogP contribution in [0.15, 0.2) is 53.8 Å². The number of hydrogen-bond acceptors (Lipinski definition) is 7. The Morgan fingerprint density at radius 3 is 2.67 bits per heavy atom. The SMILES string of the molecule is CCS(=O)c1ccc2c(c1)N(c1ncc(-c3cc(C#N)ccn3)cn1)CC21COC1. The molecule has 30 heavy (non-hydrogen) atoms. The molecule has 0 radical (unpaired) electrons. The molecule has 7 nitrogen and oxygen atoms in total. The second kappa shape index (κ2) is 7.27. The van der Waals surface area contributed by atoms with E-state index in [0.29, 0.717) is 36.2 Å². The van der Waals surface area contributed by atoms with Crippen molar-refractivity contribution in [3.05, 3.63) is 60.0 Å². The summed E-state index contributed by atoms with van der Waals surface area (Å²) in [5.74, 6) is 1.16. The van der Waals surface area contributed by atoms with Gasteiger partial charge in [-0.15, -0.1) is 0 Å². The minimum absolute atomic E-state index is 0.0632. The lowest BCUT2D eigenvalue weighted by Gasteiger charge is -2.38. The van der Waals surface area contributed by atoms with Gasteiger partial charge < -0.3 is 9.64 Å². The topological polar surface area (TPSA) is 92.0 Å². The summed E-state index contributed by atoms with van der Waals surface area (Å²) in [7, 11) is -1.03. The molecule has 8 heteroatoms. The molecule has 1 atom stereocenters. The van der Waals surface area contributed by atoms with Crippen molar-refractivity contribution in [1.29, 1.82) is 5.26 Å². The smallest absolute Gasteiger partial charge is 0.229 e. The van der Waals surface area contributed by atoms with Gasteiger partial charge in [0.1, 0.15) is 0 Å². The van der Waals surface area contributed by atoms with Gasteiger partial charge in [-0.3, -0.25) is 9.19 Å². The van der Waals surface area contributed by atoms with Crippen LogP contribution in [-0.4, -0.2) is 44.7 Å². The summed E-state index contributed by atoms with van der Waals surface area (Å²) in [6, 6.07) is 11.5. The first-order chi connectivity index (χ1) is 14.6. The van der Waals surface area contributed by atoms with E-state index in [1.807, 2.05) is 19.1 Å². The fourth-order valence-electron chi connectivity index (χ4n) is 3.99. The van der Waals surface area contributed by atoms with Gasteiger partial charge in [-0.1, -0.05) is 13.0 Å². The predicted octanol–water partition coefficient (Wildman–Crippen LogP) is 2.96. The second-order valence-corrected chi connectivity index (χ2v) is 9.23. The molecular formula is C22H19N5O2S. The van der Waals surface area contributed by atoms with Crippen molar-refractivity contribution in [2.75, 3.05) is 30.4 Å². The molecule has 1 spiro atoms. The van der Waals surface area contributed by atoms with Crippen LogP contribution in [0.2, 0.25) is 0 Å². The Labute approximate surface area is 176 Å². The molecule has 0 bridgehead atoms. The van der Waals surface area contributed by atoms with E-state index in [0.717, 1.165) is 22.7 Å². The van der Waals surface area contributed by atoms with Crippen LogP contribution in [0, 0.1) is 11.3 Å². The van der Waals surface area contributed by atoms with Gasteiger partial charge >= 0.3 is 0 Å². The highest BCUT2D eigenvalue weighted by molar-refractivity contribution is 7.85. The summed E-state index contributed by atoms with van der Waals surface area (Å²) >= 11 is 0. The number of aromatic nitrogens is 3. The number of benzene rings is 1. The number of ether oxygens (including phenoxy) is 1. The van der Waals surface area contributed by atoms with Crippen LogP contribution in [0.1, 0.15) is 18.1 Å². The van der Waals surface area contributed by atoms with Gasteiger partial charge in [0, 0.05) is 47.0 Å². The molecule has 0 amide bonds. The standard InChI is InChI=1S/C22H19N5O2S/c1-2-30(28)17-3-4-18-20(8-17)27(12-22(18)13-29-14-22)21-25-10-16(11-26-21)19-7-15(9-23)5-6-24-19/h3-8,10-11H,2,12-14H2,1H3. The third-order valence-electron chi connectivity index (χ3n) is 5.64. The molecule has 2 aromatic heterocycles. The number of nitriles is 1. The average Bonchev–Trinajstić information content (AvgIpc) is 3.14. The summed E-state index contributed by atoms with van der Waals surface area (Å²) < 4.78 is 17.9. The highest BCUT2D eigenvalue weighted by atomic mass is 32.2. The summed E-state index contributed by atoms with van der Waals surface area (Å²) in [5.41, 5.74) is 4.08. The van der Waals surface area contributed by atoms with E-state index in [1.54, 1.807) is 30.7 Å². The largest absolute Gasteiger partial charge is 0.379 e. The highest BCUT2D eigenvalue weighted by Gasteiger charge is 2.49. The van der Waals surface area contributed by atoms with E-state index in [1.165, 1.54) is 5.56 Å². The van der Waals surface area contributed by atoms with E-state index in [4.69, 9.17) is 10.00 Å². The lowest BCUT2D eigenvalue weighted by atomic mass is 9.81. The van der Waals surface area contributed by atoms with Gasteiger partial charge in [-0.05, 0) is 29.8 Å². The van der Waals surface area contributed by atoms with Crippen molar-refractivity contribution in [2.24, 2.45) is 0 Å². The zero-order chi connectivity index (χ0) is 20.7. The zero-order valence-corrected chi connectivity index (χ0v) is 17.2. The van der Waals surface area contributed by atoms with Crippen molar-refractivity contribution in [3.63, 3.8) is 0 Å². The zero-order valence-electron chi connectivity index (χ0n) is 16.4. The molecular weight excluding hydrogens is 398 g/mol. The Morgan fingerprint density at radius 2 is 2.00 bits per heavy atom. The minimum Gasteiger partial charge on any atom is -0.379 e. The molecule has 1 saturated heterocycles. The Morgan fingerprint density at radius 1 is 1.20 bits per heavy atom. The normalized spacial score (nSPS) is 17.3. The molecule has 2 aliphatic rings. The predicted molar refractivity (Wildman–Crippen MR) is 113 cm³/mol. The highest BCUT2D eigenvalue weighted by Crippen LogP contribution is 2.48. The maximum atomic E-state index is 12.4. The minimum atomic E-state index is -1.03. The lowest BCUT2D eigenvalue weighted by Crippen LogP contribution is -2.49. The molecule has 150 valence electrons. The van der Waals surface area contributed by atoms with Gasteiger partial charge in [0.25, 0.3) is 0 Å². The second-order valence-electron chi connectivity index (χ2n) is 7.49. The van der Waals surface area contributed by atoms with E-state index >= 15 is 0 Å². The first-order valence-corrected chi connectivity index (χ1v) is 11.0. The van der Waals surface area contributed by atoms with Crippen molar-refractivity contribution in [2.45, 2.75) is 17.2 Å². The molecule has 2 aliphatic heterocycles. The summed E-state index contributed by atoms with van der Waals surface area (Å²) in [5, 5.41) is 9.10. The van der Waals surface area contributed by atoms with Gasteiger partial charge in [-0.25, -0.2) is 9.97 Å². The van der Waals surface area contributed by atoms with Crippen LogP contribution < -0.4 is 4.90 Å². The number of rotatable bonds is 4. The number of nitrogens with zero attached hydrogens (tertiary/aromatic N) is 5. The van der Waals surface area contributed by atoms with Crippen LogP contribution in [-0.2, 0) is 21.0 Å². The van der Waals surface area contributed by atoms with E-state index in [-0.39, 0.29) is 5.41 Å². The van der Waals surface area contributed by atoms with Gasteiger partial charge in [0.05, 0.1) is 46.8 Å². The van der Waals surface area contributed by atoms with Gasteiger partial charge in [0.2, 0.25) is 5.95 Å². The monoisotopic (exact) mass is 417 g/mol. The Hall–Kier alpha value is -3.15. The van der Waals surface area contributed by atoms with Crippen molar-refractivity contribution >= 4 is 22.4 Å². The third kappa shape index (κ3) is 2.98. The van der Waals surface area contributed by atoms with E-state index in [2.05, 4.69) is 32.0 Å². The summed E-state index contributed by atoms with van der Waals surface area (Å²) in [6.45, 7) is 3.97. The van der Waals surface area contributed by atoms with Gasteiger partial charge in [-0.2, -0.15) is 5.26 Å².